The third-order valence-corrected chi connectivity index (χ3v) is 7.95. The minimum absolute atomic E-state index is 0.320. The standard InChI is InChI=1S/C31H34N4O3/c1-37-31(36)26-19-27(34-17-15-23(16-18-34)21-38-20-22-9-4-2-5-10-22)28-29(24-11-8-12-24)33-35(30(28)32-26)25-13-6-3-7-14-25/h2-7,9-10,13-14,19,23-24H,8,11-12,15-18,20-21H2,1H3. The van der Waals surface area contributed by atoms with Gasteiger partial charge >= 0.3 is 5.97 Å². The molecular weight excluding hydrogens is 476 g/mol. The Kier molecular flexibility index (Phi) is 7.10. The number of piperidine rings is 1. The average molecular weight is 511 g/mol. The van der Waals surface area contributed by atoms with Gasteiger partial charge in [0.15, 0.2) is 11.3 Å². The highest BCUT2D eigenvalue weighted by atomic mass is 16.5. The number of hydrogen-bond acceptors (Lipinski definition) is 6. The van der Waals surface area contributed by atoms with Crippen LogP contribution < -0.4 is 4.90 Å². The van der Waals surface area contributed by atoms with Crippen molar-refractivity contribution in [3.8, 4) is 5.69 Å². The molecule has 0 unspecified atom stereocenters. The molecule has 0 spiro atoms. The summed E-state index contributed by atoms with van der Waals surface area (Å²) in [6.07, 6.45) is 5.58. The lowest BCUT2D eigenvalue weighted by Gasteiger charge is -2.34. The summed E-state index contributed by atoms with van der Waals surface area (Å²) in [5, 5.41) is 6.18. The molecular formula is C31H34N4O3. The fraction of sp³-hybridized carbons (Fsp3) is 0.387. The Balaban J connectivity index is 1.30. The third-order valence-electron chi connectivity index (χ3n) is 7.95. The van der Waals surface area contributed by atoms with Crippen molar-refractivity contribution in [3.63, 3.8) is 0 Å². The summed E-state index contributed by atoms with van der Waals surface area (Å²) >= 11 is 0. The van der Waals surface area contributed by atoms with Gasteiger partial charge in [-0.15, -0.1) is 0 Å². The number of benzene rings is 2. The van der Waals surface area contributed by atoms with Gasteiger partial charge in [-0.2, -0.15) is 5.10 Å². The van der Waals surface area contributed by atoms with E-state index in [1.165, 1.54) is 19.1 Å². The van der Waals surface area contributed by atoms with Gasteiger partial charge in [-0.05, 0) is 55.4 Å². The zero-order valence-electron chi connectivity index (χ0n) is 21.9. The Hall–Kier alpha value is -3.71. The van der Waals surface area contributed by atoms with Crippen molar-refractivity contribution >= 4 is 22.7 Å². The first-order valence-electron chi connectivity index (χ1n) is 13.7. The van der Waals surface area contributed by atoms with Crippen LogP contribution in [0.1, 0.15) is 59.8 Å². The number of anilines is 1. The van der Waals surface area contributed by atoms with Gasteiger partial charge in [0.25, 0.3) is 0 Å². The average Bonchev–Trinajstić information content (AvgIpc) is 3.31. The van der Waals surface area contributed by atoms with Crippen LogP contribution in [0.15, 0.2) is 66.7 Å². The first-order chi connectivity index (χ1) is 18.7. The summed E-state index contributed by atoms with van der Waals surface area (Å²) in [5.41, 5.74) is 5.34. The van der Waals surface area contributed by atoms with Crippen molar-refractivity contribution in [1.82, 2.24) is 14.8 Å². The maximum Gasteiger partial charge on any atom is 0.356 e. The Bertz CT molecular complexity index is 1390. The Morgan fingerprint density at radius 3 is 2.34 bits per heavy atom. The second kappa shape index (κ2) is 11.0. The lowest BCUT2D eigenvalue weighted by atomic mass is 9.82. The predicted molar refractivity (Wildman–Crippen MR) is 148 cm³/mol. The molecule has 0 radical (unpaired) electrons. The maximum absolute atomic E-state index is 12.7. The van der Waals surface area contributed by atoms with Crippen LogP contribution in [0.3, 0.4) is 0 Å². The molecule has 7 heteroatoms. The fourth-order valence-corrected chi connectivity index (χ4v) is 5.56. The van der Waals surface area contributed by atoms with Gasteiger partial charge in [-0.1, -0.05) is 55.0 Å². The molecule has 1 aliphatic carbocycles. The van der Waals surface area contributed by atoms with Gasteiger partial charge in [0.2, 0.25) is 0 Å². The van der Waals surface area contributed by atoms with E-state index in [0.29, 0.717) is 24.1 Å². The van der Waals surface area contributed by atoms with Gasteiger partial charge in [-0.3, -0.25) is 0 Å². The number of esters is 1. The molecule has 0 amide bonds. The van der Waals surface area contributed by atoms with Crippen LogP contribution in [0.25, 0.3) is 16.7 Å². The number of carbonyl (C=O) groups is 1. The van der Waals surface area contributed by atoms with E-state index in [1.807, 2.05) is 59.3 Å². The molecule has 6 rings (SSSR count). The highest BCUT2D eigenvalue weighted by molar-refractivity contribution is 5.99. The van der Waals surface area contributed by atoms with Crippen LogP contribution >= 0.6 is 0 Å². The van der Waals surface area contributed by atoms with E-state index in [9.17, 15) is 4.79 Å². The molecule has 2 fully saturated rings. The molecule has 1 aliphatic heterocycles. The lowest BCUT2D eigenvalue weighted by Crippen LogP contribution is -2.35. The van der Waals surface area contributed by atoms with Crippen LogP contribution in [0, 0.1) is 5.92 Å². The van der Waals surface area contributed by atoms with E-state index in [0.717, 1.165) is 73.5 Å². The van der Waals surface area contributed by atoms with E-state index in [-0.39, 0.29) is 0 Å². The summed E-state index contributed by atoms with van der Waals surface area (Å²) in [6, 6.07) is 22.3. The number of nitrogens with zero attached hydrogens (tertiary/aromatic N) is 4. The summed E-state index contributed by atoms with van der Waals surface area (Å²) in [7, 11) is 1.41. The highest BCUT2D eigenvalue weighted by Gasteiger charge is 2.31. The molecule has 3 heterocycles. The number of methoxy groups -OCH3 is 1. The highest BCUT2D eigenvalue weighted by Crippen LogP contribution is 2.43. The van der Waals surface area contributed by atoms with Crippen LogP contribution in [0.4, 0.5) is 5.69 Å². The Morgan fingerprint density at radius 1 is 0.974 bits per heavy atom. The molecule has 7 nitrogen and oxygen atoms in total. The molecule has 0 atom stereocenters. The third kappa shape index (κ3) is 4.90. The van der Waals surface area contributed by atoms with Crippen molar-refractivity contribution in [2.24, 2.45) is 5.92 Å². The van der Waals surface area contributed by atoms with Crippen LogP contribution in [0.5, 0.6) is 0 Å². The van der Waals surface area contributed by atoms with Crippen molar-refractivity contribution < 1.29 is 14.3 Å². The van der Waals surface area contributed by atoms with Gasteiger partial charge in [0.1, 0.15) is 0 Å². The molecule has 2 aliphatic rings. The topological polar surface area (TPSA) is 69.5 Å². The first-order valence-corrected chi connectivity index (χ1v) is 13.7. The zero-order chi connectivity index (χ0) is 25.9. The molecule has 38 heavy (non-hydrogen) atoms. The Labute approximate surface area is 223 Å². The second-order valence-corrected chi connectivity index (χ2v) is 10.4. The summed E-state index contributed by atoms with van der Waals surface area (Å²) in [4.78, 5) is 19.9. The van der Waals surface area contributed by atoms with E-state index in [1.54, 1.807) is 0 Å². The first kappa shape index (κ1) is 24.6. The number of carbonyl (C=O) groups excluding carboxylic acids is 1. The van der Waals surface area contributed by atoms with Crippen molar-refractivity contribution in [2.45, 2.75) is 44.6 Å². The number of ether oxygens (including phenoxy) is 2. The number of fused-ring (bicyclic) bond motifs is 1. The smallest absolute Gasteiger partial charge is 0.356 e. The van der Waals surface area contributed by atoms with Crippen LogP contribution in [-0.4, -0.2) is 47.5 Å². The summed E-state index contributed by atoms with van der Waals surface area (Å²) < 4.78 is 13.1. The summed E-state index contributed by atoms with van der Waals surface area (Å²) in [6.45, 7) is 3.22. The van der Waals surface area contributed by atoms with Crippen LogP contribution in [0.2, 0.25) is 0 Å². The maximum atomic E-state index is 12.7. The van der Waals surface area contributed by atoms with Crippen molar-refractivity contribution in [1.29, 1.82) is 0 Å². The zero-order valence-corrected chi connectivity index (χ0v) is 21.9. The number of para-hydroxylation sites is 1. The van der Waals surface area contributed by atoms with Gasteiger partial charge in [0, 0.05) is 25.6 Å². The number of aromatic nitrogens is 3. The molecule has 1 saturated carbocycles. The largest absolute Gasteiger partial charge is 0.464 e. The number of rotatable bonds is 8. The van der Waals surface area contributed by atoms with Gasteiger partial charge in [-0.25, -0.2) is 14.5 Å². The quantitative estimate of drug-likeness (QED) is 0.275. The fourth-order valence-electron chi connectivity index (χ4n) is 5.56. The molecule has 2 aromatic heterocycles. The van der Waals surface area contributed by atoms with Crippen molar-refractivity contribution in [3.05, 3.63) is 83.7 Å². The second-order valence-electron chi connectivity index (χ2n) is 10.4. The van der Waals surface area contributed by atoms with Gasteiger partial charge in [0.05, 0.1) is 36.2 Å². The molecule has 0 bridgehead atoms. The van der Waals surface area contributed by atoms with Crippen LogP contribution in [-0.2, 0) is 16.1 Å². The number of pyridine rings is 1. The lowest BCUT2D eigenvalue weighted by molar-refractivity contribution is 0.0594. The van der Waals surface area contributed by atoms with E-state index >= 15 is 0 Å². The normalized spacial score (nSPS) is 16.5. The SMILES string of the molecule is COC(=O)c1cc(N2CCC(COCc3ccccc3)CC2)c2c(C3CCC3)nn(-c3ccccc3)c2n1. The molecule has 1 saturated heterocycles. The predicted octanol–water partition coefficient (Wildman–Crippen LogP) is 5.91. The Morgan fingerprint density at radius 2 is 1.68 bits per heavy atom. The minimum atomic E-state index is -0.427. The molecule has 2 aromatic carbocycles. The molecule has 196 valence electrons. The minimum Gasteiger partial charge on any atom is -0.464 e. The van der Waals surface area contributed by atoms with E-state index < -0.39 is 5.97 Å². The van der Waals surface area contributed by atoms with Crippen molar-refractivity contribution in [2.75, 3.05) is 31.7 Å². The van der Waals surface area contributed by atoms with E-state index in [2.05, 4.69) is 17.0 Å². The van der Waals surface area contributed by atoms with Gasteiger partial charge < -0.3 is 14.4 Å². The van der Waals surface area contributed by atoms with E-state index in [4.69, 9.17) is 19.6 Å². The molecule has 0 N–H and O–H groups in total. The summed E-state index contributed by atoms with van der Waals surface area (Å²) in [5.74, 6) is 0.518. The monoisotopic (exact) mass is 510 g/mol. The molecule has 4 aromatic rings. The number of hydrogen-bond donors (Lipinski definition) is 0.